The molecule has 1 aliphatic carbocycles. The maximum atomic E-state index is 13.1. The molecule has 2 aromatic rings. The highest BCUT2D eigenvalue weighted by Crippen LogP contribution is 2.31. The van der Waals surface area contributed by atoms with Gasteiger partial charge in [-0.3, -0.25) is 14.3 Å². The van der Waals surface area contributed by atoms with Crippen molar-refractivity contribution in [3.05, 3.63) is 40.8 Å². The Hall–Kier alpha value is -2.22. The average molecular weight is 462 g/mol. The minimum Gasteiger partial charge on any atom is -0.339 e. The molecule has 1 aliphatic rings. The summed E-state index contributed by atoms with van der Waals surface area (Å²) in [5, 5.41) is 10.1. The van der Waals surface area contributed by atoms with Crippen LogP contribution in [0.25, 0.3) is 0 Å². The van der Waals surface area contributed by atoms with Gasteiger partial charge in [-0.2, -0.15) is 5.10 Å². The second-order valence-electron chi connectivity index (χ2n) is 8.08. The molecule has 1 atom stereocenters. The molecule has 2 heterocycles. The zero-order valence-corrected chi connectivity index (χ0v) is 18.6. The monoisotopic (exact) mass is 461 g/mol. The summed E-state index contributed by atoms with van der Waals surface area (Å²) < 4.78 is 2.51. The number of aromatic nitrogens is 3. The Labute approximate surface area is 179 Å². The molecule has 0 saturated heterocycles. The van der Waals surface area contributed by atoms with Gasteiger partial charge in [0.2, 0.25) is 5.91 Å². The van der Waals surface area contributed by atoms with E-state index in [1.807, 2.05) is 19.9 Å². The van der Waals surface area contributed by atoms with Crippen molar-refractivity contribution in [3.8, 4) is 0 Å². The normalized spacial score (nSPS) is 20.3. The number of halogens is 1. The zero-order valence-electron chi connectivity index (χ0n) is 17.1. The minimum absolute atomic E-state index is 0.0560. The number of amides is 2. The molecule has 0 unspecified atom stereocenters. The molecular formula is C21H28BrN5O2. The molecule has 8 heteroatoms. The predicted octanol–water partition coefficient (Wildman–Crippen LogP) is 4.18. The fraction of sp³-hybridized carbons (Fsp3) is 0.524. The number of hydrogen-bond donors (Lipinski definition) is 2. The molecule has 0 spiro atoms. The summed E-state index contributed by atoms with van der Waals surface area (Å²) in [6.07, 6.45) is 7.19. The van der Waals surface area contributed by atoms with Gasteiger partial charge >= 0.3 is 0 Å². The number of carbonyl (C=O) groups excluding carboxylic acids is 2. The molecule has 0 bridgehead atoms. The highest BCUT2D eigenvalue weighted by atomic mass is 79.9. The van der Waals surface area contributed by atoms with Crippen LogP contribution in [0.5, 0.6) is 0 Å². The first-order valence-electron chi connectivity index (χ1n) is 10.1. The Kier molecular flexibility index (Phi) is 7.05. The van der Waals surface area contributed by atoms with E-state index in [0.717, 1.165) is 30.2 Å². The zero-order chi connectivity index (χ0) is 21.0. The first kappa shape index (κ1) is 21.5. The molecule has 0 aromatic carbocycles. The largest absolute Gasteiger partial charge is 0.339 e. The van der Waals surface area contributed by atoms with Gasteiger partial charge in [0.25, 0.3) is 5.91 Å². The van der Waals surface area contributed by atoms with E-state index in [9.17, 15) is 9.59 Å². The van der Waals surface area contributed by atoms with Gasteiger partial charge < -0.3 is 10.6 Å². The summed E-state index contributed by atoms with van der Waals surface area (Å²) in [5.74, 6) is 0.707. The Morgan fingerprint density at radius 3 is 2.52 bits per heavy atom. The Morgan fingerprint density at radius 2 is 1.90 bits per heavy atom. The smallest absolute Gasteiger partial charge is 0.270 e. The summed E-state index contributed by atoms with van der Waals surface area (Å²) in [7, 11) is 0. The second-order valence-corrected chi connectivity index (χ2v) is 8.99. The van der Waals surface area contributed by atoms with Gasteiger partial charge in [-0.05, 0) is 72.7 Å². The first-order valence-corrected chi connectivity index (χ1v) is 10.9. The summed E-state index contributed by atoms with van der Waals surface area (Å²) in [6, 6.07) is 4.68. The van der Waals surface area contributed by atoms with Crippen molar-refractivity contribution >= 4 is 33.6 Å². The lowest BCUT2D eigenvalue weighted by Crippen LogP contribution is -2.49. The van der Waals surface area contributed by atoms with Crippen molar-refractivity contribution in [2.75, 3.05) is 5.32 Å². The number of nitrogens with one attached hydrogen (secondary N) is 2. The molecule has 2 aromatic heterocycles. The summed E-state index contributed by atoms with van der Waals surface area (Å²) in [6.45, 7) is 6.17. The van der Waals surface area contributed by atoms with Crippen molar-refractivity contribution in [3.63, 3.8) is 0 Å². The maximum Gasteiger partial charge on any atom is 0.270 e. The van der Waals surface area contributed by atoms with Gasteiger partial charge in [-0.25, -0.2) is 4.98 Å². The second kappa shape index (κ2) is 9.52. The van der Waals surface area contributed by atoms with Gasteiger partial charge in [-0.15, -0.1) is 0 Å². The van der Waals surface area contributed by atoms with Gasteiger partial charge in [0, 0.05) is 22.9 Å². The van der Waals surface area contributed by atoms with Gasteiger partial charge in [0.15, 0.2) is 0 Å². The van der Waals surface area contributed by atoms with Gasteiger partial charge in [0.1, 0.15) is 17.6 Å². The van der Waals surface area contributed by atoms with Crippen LogP contribution in [0, 0.1) is 11.8 Å². The van der Waals surface area contributed by atoms with Crippen molar-refractivity contribution in [1.82, 2.24) is 20.1 Å². The van der Waals surface area contributed by atoms with Crippen LogP contribution in [0.3, 0.4) is 0 Å². The number of anilines is 1. The third kappa shape index (κ3) is 5.44. The Morgan fingerprint density at radius 1 is 1.17 bits per heavy atom. The van der Waals surface area contributed by atoms with Crippen molar-refractivity contribution in [2.45, 2.75) is 58.5 Å². The molecule has 3 rings (SSSR count). The van der Waals surface area contributed by atoms with Gasteiger partial charge in [0.05, 0.1) is 0 Å². The van der Waals surface area contributed by atoms with E-state index in [0.29, 0.717) is 17.4 Å². The predicted molar refractivity (Wildman–Crippen MR) is 116 cm³/mol. The quantitative estimate of drug-likeness (QED) is 0.674. The number of pyridine rings is 1. The topological polar surface area (TPSA) is 88.9 Å². The molecular weight excluding hydrogens is 434 g/mol. The molecule has 2 N–H and O–H groups in total. The van der Waals surface area contributed by atoms with Crippen molar-refractivity contribution in [2.24, 2.45) is 11.8 Å². The Bertz CT molecular complexity index is 841. The highest BCUT2D eigenvalue weighted by Gasteiger charge is 2.33. The number of hydrogen-bond acceptors (Lipinski definition) is 4. The summed E-state index contributed by atoms with van der Waals surface area (Å²) >= 11 is 3.34. The van der Waals surface area contributed by atoms with Crippen LogP contribution < -0.4 is 10.6 Å². The Balaban J connectivity index is 1.78. The van der Waals surface area contributed by atoms with E-state index in [1.54, 1.807) is 29.2 Å². The molecule has 156 valence electrons. The van der Waals surface area contributed by atoms with E-state index in [4.69, 9.17) is 0 Å². The van der Waals surface area contributed by atoms with Crippen LogP contribution in [0.2, 0.25) is 0 Å². The summed E-state index contributed by atoms with van der Waals surface area (Å²) in [5.41, 5.74) is 0.462. The molecule has 0 aliphatic heterocycles. The number of carbonyl (C=O) groups is 2. The van der Waals surface area contributed by atoms with E-state index >= 15 is 0 Å². The summed E-state index contributed by atoms with van der Waals surface area (Å²) in [4.78, 5) is 30.3. The minimum atomic E-state index is -0.615. The average Bonchev–Trinajstić information content (AvgIpc) is 3.19. The molecule has 1 saturated carbocycles. The van der Waals surface area contributed by atoms with Crippen LogP contribution in [-0.4, -0.2) is 32.6 Å². The van der Waals surface area contributed by atoms with Crippen LogP contribution >= 0.6 is 15.9 Å². The fourth-order valence-corrected chi connectivity index (χ4v) is 4.03. The van der Waals surface area contributed by atoms with Gasteiger partial charge in [-0.1, -0.05) is 19.8 Å². The van der Waals surface area contributed by atoms with E-state index < -0.39 is 6.04 Å². The lowest BCUT2D eigenvalue weighted by atomic mass is 9.79. The maximum absolute atomic E-state index is 13.1. The molecule has 29 heavy (non-hydrogen) atoms. The number of rotatable bonds is 6. The molecule has 1 fully saturated rings. The highest BCUT2D eigenvalue weighted by molar-refractivity contribution is 9.10. The van der Waals surface area contributed by atoms with E-state index in [2.05, 4.69) is 43.6 Å². The third-order valence-corrected chi connectivity index (χ3v) is 5.94. The third-order valence-electron chi connectivity index (χ3n) is 5.47. The SMILES string of the molecule is CC1CCC([C@H](NC(=O)c2ccnn2C(C)C)C(=O)Nc2ccc(Br)cn2)CC1. The molecule has 0 radical (unpaired) electrons. The number of nitrogens with zero attached hydrogens (tertiary/aromatic N) is 3. The van der Waals surface area contributed by atoms with Crippen LogP contribution in [0.4, 0.5) is 5.82 Å². The van der Waals surface area contributed by atoms with Crippen LogP contribution in [-0.2, 0) is 4.79 Å². The van der Waals surface area contributed by atoms with E-state index in [-0.39, 0.29) is 23.8 Å². The van der Waals surface area contributed by atoms with Crippen LogP contribution in [0.15, 0.2) is 35.1 Å². The molecule has 2 amide bonds. The molecule has 7 nitrogen and oxygen atoms in total. The lowest BCUT2D eigenvalue weighted by Gasteiger charge is -2.32. The van der Waals surface area contributed by atoms with Crippen LogP contribution in [0.1, 0.15) is 63.0 Å². The van der Waals surface area contributed by atoms with Crippen molar-refractivity contribution in [1.29, 1.82) is 0 Å². The first-order chi connectivity index (χ1) is 13.8. The lowest BCUT2D eigenvalue weighted by molar-refractivity contribution is -0.119. The standard InChI is InChI=1S/C21H28BrN5O2/c1-13(2)27-17(10-11-24-27)20(28)26-19(15-6-4-14(3)5-7-15)21(29)25-18-9-8-16(22)12-23-18/h8-15,19H,4-7H2,1-3H3,(H,26,28)(H,23,25,29)/t14?,15?,19-/m0/s1. The fourth-order valence-electron chi connectivity index (χ4n) is 3.79. The van der Waals surface area contributed by atoms with E-state index in [1.165, 1.54) is 0 Å². The van der Waals surface area contributed by atoms with Crippen molar-refractivity contribution < 1.29 is 9.59 Å².